The van der Waals surface area contributed by atoms with Gasteiger partial charge >= 0.3 is 0 Å². The first-order chi connectivity index (χ1) is 10.2. The first-order valence-electron chi connectivity index (χ1n) is 7.42. The molecule has 2 nitrogen and oxygen atoms in total. The highest BCUT2D eigenvalue weighted by Gasteiger charge is 2.14. The molecule has 0 aliphatic carbocycles. The summed E-state index contributed by atoms with van der Waals surface area (Å²) < 4.78 is 6.73. The van der Waals surface area contributed by atoms with Crippen LogP contribution in [0, 0.1) is 0 Å². The van der Waals surface area contributed by atoms with Gasteiger partial charge in [-0.25, -0.2) is 0 Å². The summed E-state index contributed by atoms with van der Waals surface area (Å²) in [5.41, 5.74) is 1.31. The third-order valence-corrected chi connectivity index (χ3v) is 5.26. The molecular weight excluding hydrogens is 346 g/mol. The van der Waals surface area contributed by atoms with E-state index in [1.54, 1.807) is 11.3 Å². The highest BCUT2D eigenvalue weighted by atomic mass is 79.9. The Morgan fingerprint density at radius 1 is 1.19 bits per heavy atom. The molecule has 0 saturated carbocycles. The van der Waals surface area contributed by atoms with Crippen LogP contribution < -0.4 is 10.1 Å². The normalized spacial score (nSPS) is 12.3. The quantitative estimate of drug-likeness (QED) is 0.692. The highest BCUT2D eigenvalue weighted by Crippen LogP contribution is 2.29. The average molecular weight is 368 g/mol. The van der Waals surface area contributed by atoms with Gasteiger partial charge in [-0.1, -0.05) is 19.1 Å². The smallest absolute Gasteiger partial charge is 0.119 e. The van der Waals surface area contributed by atoms with E-state index in [1.165, 1.54) is 14.9 Å². The van der Waals surface area contributed by atoms with Gasteiger partial charge in [-0.15, -0.1) is 11.3 Å². The Morgan fingerprint density at radius 2 is 1.95 bits per heavy atom. The van der Waals surface area contributed by atoms with E-state index >= 15 is 0 Å². The van der Waals surface area contributed by atoms with E-state index in [1.807, 2.05) is 6.92 Å². The maximum Gasteiger partial charge on any atom is 0.119 e. The SMILES string of the molecule is CCCNC(Cc1sccc1Br)c1ccc(OCC)cc1. The lowest BCUT2D eigenvalue weighted by Gasteiger charge is -2.19. The van der Waals surface area contributed by atoms with Gasteiger partial charge in [0.15, 0.2) is 0 Å². The molecular formula is C17H22BrNOS. The molecule has 114 valence electrons. The summed E-state index contributed by atoms with van der Waals surface area (Å²) in [5, 5.41) is 5.78. The second-order valence-corrected chi connectivity index (χ2v) is 6.76. The maximum atomic E-state index is 5.52. The molecule has 1 aromatic carbocycles. The van der Waals surface area contributed by atoms with E-state index in [-0.39, 0.29) is 0 Å². The summed E-state index contributed by atoms with van der Waals surface area (Å²) in [7, 11) is 0. The molecule has 0 radical (unpaired) electrons. The summed E-state index contributed by atoms with van der Waals surface area (Å²) in [6.07, 6.45) is 2.14. The van der Waals surface area contributed by atoms with Crippen molar-refractivity contribution in [3.63, 3.8) is 0 Å². The van der Waals surface area contributed by atoms with Crippen molar-refractivity contribution in [2.45, 2.75) is 32.7 Å². The minimum absolute atomic E-state index is 0.343. The van der Waals surface area contributed by atoms with Crippen LogP contribution in [0.5, 0.6) is 5.75 Å². The largest absolute Gasteiger partial charge is 0.494 e. The van der Waals surface area contributed by atoms with Crippen molar-refractivity contribution in [2.75, 3.05) is 13.2 Å². The zero-order chi connectivity index (χ0) is 15.1. The molecule has 0 fully saturated rings. The van der Waals surface area contributed by atoms with Crippen LogP contribution in [0.4, 0.5) is 0 Å². The van der Waals surface area contributed by atoms with Gasteiger partial charge in [0.2, 0.25) is 0 Å². The second kappa shape index (κ2) is 8.57. The zero-order valence-electron chi connectivity index (χ0n) is 12.6. The van der Waals surface area contributed by atoms with E-state index < -0.39 is 0 Å². The number of hydrogen-bond donors (Lipinski definition) is 1. The Bertz CT molecular complexity index is 538. The van der Waals surface area contributed by atoms with Crippen molar-refractivity contribution in [3.8, 4) is 5.75 Å². The molecule has 0 aliphatic rings. The molecule has 0 bridgehead atoms. The van der Waals surface area contributed by atoms with Gasteiger partial charge < -0.3 is 10.1 Å². The van der Waals surface area contributed by atoms with Crippen LogP contribution in [0.25, 0.3) is 0 Å². The molecule has 2 aromatic rings. The van der Waals surface area contributed by atoms with E-state index in [9.17, 15) is 0 Å². The van der Waals surface area contributed by atoms with Crippen molar-refractivity contribution < 1.29 is 4.74 Å². The van der Waals surface area contributed by atoms with Crippen molar-refractivity contribution >= 4 is 27.3 Å². The number of hydrogen-bond acceptors (Lipinski definition) is 3. The fourth-order valence-electron chi connectivity index (χ4n) is 2.25. The Morgan fingerprint density at radius 3 is 2.52 bits per heavy atom. The third-order valence-electron chi connectivity index (χ3n) is 3.31. The molecule has 1 atom stereocenters. The molecule has 1 N–H and O–H groups in total. The average Bonchev–Trinajstić information content (AvgIpc) is 2.90. The fourth-order valence-corrected chi connectivity index (χ4v) is 3.81. The number of thiophene rings is 1. The number of rotatable bonds is 8. The monoisotopic (exact) mass is 367 g/mol. The fraction of sp³-hybridized carbons (Fsp3) is 0.412. The van der Waals surface area contributed by atoms with E-state index in [4.69, 9.17) is 4.74 Å². The van der Waals surface area contributed by atoms with E-state index in [0.29, 0.717) is 12.6 Å². The molecule has 1 unspecified atom stereocenters. The predicted molar refractivity (Wildman–Crippen MR) is 94.4 cm³/mol. The molecule has 0 spiro atoms. The Kier molecular flexibility index (Phi) is 6.74. The minimum Gasteiger partial charge on any atom is -0.494 e. The topological polar surface area (TPSA) is 21.3 Å². The second-order valence-electron chi connectivity index (χ2n) is 4.90. The summed E-state index contributed by atoms with van der Waals surface area (Å²) >= 11 is 5.44. The van der Waals surface area contributed by atoms with Crippen LogP contribution in [0.3, 0.4) is 0 Å². The summed E-state index contributed by atoms with van der Waals surface area (Å²) in [4.78, 5) is 1.39. The lowest BCUT2D eigenvalue weighted by atomic mass is 10.0. The molecule has 21 heavy (non-hydrogen) atoms. The van der Waals surface area contributed by atoms with Crippen molar-refractivity contribution in [1.82, 2.24) is 5.32 Å². The van der Waals surface area contributed by atoms with Gasteiger partial charge in [0, 0.05) is 21.8 Å². The van der Waals surface area contributed by atoms with E-state index in [0.717, 1.165) is 25.1 Å². The van der Waals surface area contributed by atoms with Crippen LogP contribution >= 0.6 is 27.3 Å². The van der Waals surface area contributed by atoms with Crippen LogP contribution in [0.1, 0.15) is 36.8 Å². The highest BCUT2D eigenvalue weighted by molar-refractivity contribution is 9.10. The van der Waals surface area contributed by atoms with Gasteiger partial charge in [0.25, 0.3) is 0 Å². The van der Waals surface area contributed by atoms with Gasteiger partial charge in [-0.05, 0) is 65.0 Å². The molecule has 1 heterocycles. The number of nitrogens with one attached hydrogen (secondary N) is 1. The van der Waals surface area contributed by atoms with Crippen LogP contribution in [0.2, 0.25) is 0 Å². The molecule has 0 amide bonds. The Labute approximate surface area is 139 Å². The molecule has 0 saturated heterocycles. The van der Waals surface area contributed by atoms with Crippen molar-refractivity contribution in [3.05, 3.63) is 50.6 Å². The molecule has 0 aliphatic heterocycles. The minimum atomic E-state index is 0.343. The Hall–Kier alpha value is -0.840. The van der Waals surface area contributed by atoms with E-state index in [2.05, 4.69) is 63.9 Å². The van der Waals surface area contributed by atoms with Gasteiger partial charge in [0.1, 0.15) is 5.75 Å². The lowest BCUT2D eigenvalue weighted by molar-refractivity contribution is 0.340. The number of benzene rings is 1. The van der Waals surface area contributed by atoms with Crippen LogP contribution in [-0.4, -0.2) is 13.2 Å². The summed E-state index contributed by atoms with van der Waals surface area (Å²) in [5.74, 6) is 0.938. The molecule has 4 heteroatoms. The zero-order valence-corrected chi connectivity index (χ0v) is 15.0. The molecule has 1 aromatic heterocycles. The molecule has 2 rings (SSSR count). The maximum absolute atomic E-state index is 5.52. The first-order valence-corrected chi connectivity index (χ1v) is 9.09. The Balaban J connectivity index is 2.12. The van der Waals surface area contributed by atoms with Crippen molar-refractivity contribution in [2.24, 2.45) is 0 Å². The number of halogens is 1. The van der Waals surface area contributed by atoms with Gasteiger partial charge in [-0.2, -0.15) is 0 Å². The summed E-state index contributed by atoms with van der Waals surface area (Å²) in [6, 6.07) is 10.9. The van der Waals surface area contributed by atoms with Gasteiger partial charge in [0.05, 0.1) is 6.61 Å². The van der Waals surface area contributed by atoms with Crippen LogP contribution in [-0.2, 0) is 6.42 Å². The van der Waals surface area contributed by atoms with Crippen LogP contribution in [0.15, 0.2) is 40.2 Å². The van der Waals surface area contributed by atoms with Crippen molar-refractivity contribution in [1.29, 1.82) is 0 Å². The lowest BCUT2D eigenvalue weighted by Crippen LogP contribution is -2.23. The summed E-state index contributed by atoms with van der Waals surface area (Å²) in [6.45, 7) is 5.94. The third kappa shape index (κ3) is 4.83. The van der Waals surface area contributed by atoms with Gasteiger partial charge in [-0.3, -0.25) is 0 Å². The standard InChI is InChI=1S/C17H22BrNOS/c1-3-10-19-16(12-17-15(18)9-11-21-17)13-5-7-14(8-6-13)20-4-2/h5-9,11,16,19H,3-4,10,12H2,1-2H3. The number of ether oxygens (including phenoxy) is 1. The first kappa shape index (κ1) is 16.5. The predicted octanol–water partition coefficient (Wildman–Crippen LogP) is 5.19.